The molecular weight excluding hydrogens is 281 g/mol. The van der Waals surface area contributed by atoms with Gasteiger partial charge in [-0.25, -0.2) is 4.98 Å². The van der Waals surface area contributed by atoms with E-state index in [0.717, 1.165) is 17.7 Å². The van der Waals surface area contributed by atoms with E-state index in [1.54, 1.807) is 12.1 Å². The van der Waals surface area contributed by atoms with Crippen LogP contribution >= 0.6 is 0 Å². The van der Waals surface area contributed by atoms with Crippen LogP contribution in [0.3, 0.4) is 0 Å². The monoisotopic (exact) mass is 292 g/mol. The highest BCUT2D eigenvalue weighted by Crippen LogP contribution is 2.31. The fourth-order valence-corrected chi connectivity index (χ4v) is 2.03. The lowest BCUT2D eigenvalue weighted by Gasteiger charge is -2.05. The van der Waals surface area contributed by atoms with Crippen molar-refractivity contribution in [1.29, 1.82) is 0 Å². The molecule has 3 nitrogen and oxygen atoms in total. The maximum Gasteiger partial charge on any atom is 0.416 e. The summed E-state index contributed by atoms with van der Waals surface area (Å²) in [6.45, 7) is 0.387. The van der Waals surface area contributed by atoms with Crippen molar-refractivity contribution in [3.8, 4) is 11.5 Å². The van der Waals surface area contributed by atoms with E-state index in [9.17, 15) is 13.2 Å². The minimum absolute atomic E-state index is 0.285. The third-order valence-electron chi connectivity index (χ3n) is 3.15. The zero-order valence-corrected chi connectivity index (χ0v) is 10.8. The van der Waals surface area contributed by atoms with Crippen molar-refractivity contribution in [2.75, 3.05) is 0 Å². The molecule has 0 saturated carbocycles. The van der Waals surface area contributed by atoms with Crippen LogP contribution in [0.25, 0.3) is 22.6 Å². The lowest BCUT2D eigenvalue weighted by atomic mass is 10.1. The normalized spacial score (nSPS) is 12.0. The fourth-order valence-electron chi connectivity index (χ4n) is 2.03. The van der Waals surface area contributed by atoms with Crippen molar-refractivity contribution in [2.45, 2.75) is 12.7 Å². The predicted octanol–water partition coefficient (Wildman–Crippen LogP) is 3.97. The van der Waals surface area contributed by atoms with Crippen molar-refractivity contribution in [3.63, 3.8) is 0 Å². The smallest absolute Gasteiger partial charge is 0.416 e. The number of fused-ring (bicyclic) bond motifs is 1. The van der Waals surface area contributed by atoms with Crippen LogP contribution in [-0.2, 0) is 12.7 Å². The molecule has 0 aliphatic rings. The number of nitrogens with zero attached hydrogens (tertiary/aromatic N) is 1. The van der Waals surface area contributed by atoms with E-state index < -0.39 is 11.7 Å². The van der Waals surface area contributed by atoms with Crippen LogP contribution in [0, 0.1) is 0 Å². The van der Waals surface area contributed by atoms with E-state index in [4.69, 9.17) is 10.2 Å². The van der Waals surface area contributed by atoms with Gasteiger partial charge in [0.05, 0.1) is 5.56 Å². The number of oxazole rings is 1. The Balaban J connectivity index is 2.00. The number of nitrogens with two attached hydrogens (primary N) is 1. The molecule has 1 aromatic heterocycles. The van der Waals surface area contributed by atoms with E-state index in [-0.39, 0.29) is 5.89 Å². The SMILES string of the molecule is NCc1ccc2oc(-c3ccc(C(F)(F)F)cc3)nc2c1. The van der Waals surface area contributed by atoms with Crippen LogP contribution in [0.5, 0.6) is 0 Å². The van der Waals surface area contributed by atoms with Crippen LogP contribution < -0.4 is 5.73 Å². The van der Waals surface area contributed by atoms with E-state index >= 15 is 0 Å². The number of hydrogen-bond acceptors (Lipinski definition) is 3. The Morgan fingerprint density at radius 3 is 2.38 bits per heavy atom. The van der Waals surface area contributed by atoms with Gasteiger partial charge in [0.1, 0.15) is 5.52 Å². The summed E-state index contributed by atoms with van der Waals surface area (Å²) < 4.78 is 43.1. The zero-order valence-electron chi connectivity index (χ0n) is 10.8. The molecule has 1 heterocycles. The van der Waals surface area contributed by atoms with E-state index in [1.807, 2.05) is 6.07 Å². The Kier molecular flexibility index (Phi) is 3.17. The second kappa shape index (κ2) is 4.89. The van der Waals surface area contributed by atoms with Gasteiger partial charge in [0.15, 0.2) is 5.58 Å². The first-order valence-corrected chi connectivity index (χ1v) is 6.24. The third-order valence-corrected chi connectivity index (χ3v) is 3.15. The van der Waals surface area contributed by atoms with Gasteiger partial charge < -0.3 is 10.2 Å². The molecular formula is C15H11F3N2O. The summed E-state index contributed by atoms with van der Waals surface area (Å²) in [6.07, 6.45) is -4.35. The highest BCUT2D eigenvalue weighted by molar-refractivity contribution is 5.76. The molecule has 0 bridgehead atoms. The number of benzene rings is 2. The largest absolute Gasteiger partial charge is 0.436 e. The number of aromatic nitrogens is 1. The van der Waals surface area contributed by atoms with Crippen LogP contribution in [0.15, 0.2) is 46.9 Å². The van der Waals surface area contributed by atoms with Gasteiger partial charge in [0.2, 0.25) is 5.89 Å². The third kappa shape index (κ3) is 2.62. The van der Waals surface area contributed by atoms with Gasteiger partial charge in [-0.2, -0.15) is 13.2 Å². The van der Waals surface area contributed by atoms with E-state index in [0.29, 0.717) is 23.2 Å². The highest BCUT2D eigenvalue weighted by Gasteiger charge is 2.30. The second-order valence-electron chi connectivity index (χ2n) is 4.60. The van der Waals surface area contributed by atoms with Gasteiger partial charge in [0, 0.05) is 12.1 Å². The van der Waals surface area contributed by atoms with Crippen molar-refractivity contribution in [1.82, 2.24) is 4.98 Å². The maximum atomic E-state index is 12.5. The number of hydrogen-bond donors (Lipinski definition) is 1. The zero-order chi connectivity index (χ0) is 15.0. The van der Waals surface area contributed by atoms with Gasteiger partial charge in [-0.3, -0.25) is 0 Å². The number of halogens is 3. The predicted molar refractivity (Wildman–Crippen MR) is 72.3 cm³/mol. The van der Waals surface area contributed by atoms with Gasteiger partial charge in [0.25, 0.3) is 0 Å². The molecule has 0 radical (unpaired) electrons. The molecule has 6 heteroatoms. The first-order chi connectivity index (χ1) is 9.97. The molecule has 21 heavy (non-hydrogen) atoms. The van der Waals surface area contributed by atoms with Gasteiger partial charge in [-0.1, -0.05) is 6.07 Å². The lowest BCUT2D eigenvalue weighted by molar-refractivity contribution is -0.137. The molecule has 3 rings (SSSR count). The minimum atomic E-state index is -4.35. The van der Waals surface area contributed by atoms with Gasteiger partial charge >= 0.3 is 6.18 Å². The molecule has 0 aliphatic carbocycles. The Hall–Kier alpha value is -2.34. The average Bonchev–Trinajstić information content (AvgIpc) is 2.89. The van der Waals surface area contributed by atoms with Crippen LogP contribution in [0.2, 0.25) is 0 Å². The maximum absolute atomic E-state index is 12.5. The molecule has 2 aromatic carbocycles. The van der Waals surface area contributed by atoms with Crippen molar-refractivity contribution >= 4 is 11.1 Å². The topological polar surface area (TPSA) is 52.0 Å². The summed E-state index contributed by atoms with van der Waals surface area (Å²) in [4.78, 5) is 4.28. The van der Waals surface area contributed by atoms with Crippen molar-refractivity contribution in [3.05, 3.63) is 53.6 Å². The molecule has 0 aliphatic heterocycles. The fraction of sp³-hybridized carbons (Fsp3) is 0.133. The van der Waals surface area contributed by atoms with Crippen molar-refractivity contribution in [2.24, 2.45) is 5.73 Å². The number of rotatable bonds is 2. The minimum Gasteiger partial charge on any atom is -0.436 e. The number of alkyl halides is 3. The van der Waals surface area contributed by atoms with Gasteiger partial charge in [-0.15, -0.1) is 0 Å². The average molecular weight is 292 g/mol. The molecule has 3 aromatic rings. The Bertz CT molecular complexity index is 776. The van der Waals surface area contributed by atoms with Crippen LogP contribution in [0.4, 0.5) is 13.2 Å². The van der Waals surface area contributed by atoms with E-state index in [2.05, 4.69) is 4.98 Å². The molecule has 2 N–H and O–H groups in total. The molecule has 0 saturated heterocycles. The van der Waals surface area contributed by atoms with E-state index in [1.165, 1.54) is 12.1 Å². The lowest BCUT2D eigenvalue weighted by Crippen LogP contribution is -2.03. The molecule has 0 atom stereocenters. The first-order valence-electron chi connectivity index (χ1n) is 6.24. The second-order valence-corrected chi connectivity index (χ2v) is 4.60. The summed E-state index contributed by atoms with van der Waals surface area (Å²) in [6, 6.07) is 10.1. The highest BCUT2D eigenvalue weighted by atomic mass is 19.4. The molecule has 0 fully saturated rings. The Morgan fingerprint density at radius 2 is 1.76 bits per heavy atom. The Morgan fingerprint density at radius 1 is 1.05 bits per heavy atom. The quantitative estimate of drug-likeness (QED) is 0.777. The summed E-state index contributed by atoms with van der Waals surface area (Å²) in [5.74, 6) is 0.285. The summed E-state index contributed by atoms with van der Waals surface area (Å²) in [7, 11) is 0. The summed E-state index contributed by atoms with van der Waals surface area (Å²) >= 11 is 0. The molecule has 108 valence electrons. The van der Waals surface area contributed by atoms with Crippen LogP contribution in [0.1, 0.15) is 11.1 Å². The summed E-state index contributed by atoms with van der Waals surface area (Å²) in [5, 5.41) is 0. The van der Waals surface area contributed by atoms with Crippen molar-refractivity contribution < 1.29 is 17.6 Å². The summed E-state index contributed by atoms with van der Waals surface area (Å²) in [5.41, 5.74) is 7.46. The standard InChI is InChI=1S/C15H11F3N2O/c16-15(17,18)11-4-2-10(3-5-11)14-20-12-7-9(8-19)1-6-13(12)21-14/h1-7H,8,19H2. The Labute approximate surface area is 118 Å². The molecule has 0 unspecified atom stereocenters. The van der Waals surface area contributed by atoms with Gasteiger partial charge in [-0.05, 0) is 42.0 Å². The van der Waals surface area contributed by atoms with Crippen LogP contribution in [-0.4, -0.2) is 4.98 Å². The molecule has 0 spiro atoms. The molecule has 0 amide bonds. The first kappa shape index (κ1) is 13.6.